The second kappa shape index (κ2) is 8.82. The Kier molecular flexibility index (Phi) is 6.49. The van der Waals surface area contributed by atoms with Crippen molar-refractivity contribution < 1.29 is 9.59 Å². The molecule has 0 saturated heterocycles. The predicted molar refractivity (Wildman–Crippen MR) is 93.9 cm³/mol. The largest absolute Gasteiger partial charge is 0.352 e. The van der Waals surface area contributed by atoms with E-state index in [1.54, 1.807) is 6.07 Å². The summed E-state index contributed by atoms with van der Waals surface area (Å²) in [5.74, 6) is -0.465. The number of hydrogen-bond donors (Lipinski definition) is 2. The van der Waals surface area contributed by atoms with Crippen molar-refractivity contribution >= 4 is 11.8 Å². The Bertz CT molecular complexity index is 684. The molecule has 1 aromatic heterocycles. The number of nitrogens with one attached hydrogen (secondary N) is 2. The van der Waals surface area contributed by atoms with Gasteiger partial charge in [0, 0.05) is 24.3 Å². The third kappa shape index (κ3) is 5.50. The molecule has 0 saturated carbocycles. The van der Waals surface area contributed by atoms with Crippen molar-refractivity contribution in [1.29, 1.82) is 0 Å². The van der Waals surface area contributed by atoms with Gasteiger partial charge in [-0.1, -0.05) is 30.3 Å². The van der Waals surface area contributed by atoms with Gasteiger partial charge in [-0.25, -0.2) is 0 Å². The van der Waals surface area contributed by atoms with Gasteiger partial charge in [-0.05, 0) is 44.4 Å². The molecule has 5 nitrogen and oxygen atoms in total. The molecule has 126 valence electrons. The van der Waals surface area contributed by atoms with Crippen molar-refractivity contribution in [3.05, 3.63) is 65.5 Å². The first-order valence-electron chi connectivity index (χ1n) is 8.15. The number of benzene rings is 1. The molecule has 0 spiro atoms. The molecule has 0 unspecified atom stereocenters. The number of carbonyl (C=O) groups is 2. The molecule has 0 radical (unpaired) electrons. The minimum atomic E-state index is -0.274. The van der Waals surface area contributed by atoms with Gasteiger partial charge in [-0.15, -0.1) is 0 Å². The van der Waals surface area contributed by atoms with Crippen LogP contribution in [0.4, 0.5) is 0 Å². The van der Waals surface area contributed by atoms with Crippen LogP contribution in [0.1, 0.15) is 46.7 Å². The Labute approximate surface area is 142 Å². The van der Waals surface area contributed by atoms with Crippen LogP contribution in [0.25, 0.3) is 0 Å². The fraction of sp³-hybridized carbons (Fsp3) is 0.316. The number of amides is 2. The highest BCUT2D eigenvalue weighted by Crippen LogP contribution is 2.04. The highest BCUT2D eigenvalue weighted by Gasteiger charge is 2.12. The Morgan fingerprint density at radius 2 is 1.83 bits per heavy atom. The summed E-state index contributed by atoms with van der Waals surface area (Å²) in [6.45, 7) is 4.34. The third-order valence-electron chi connectivity index (χ3n) is 3.45. The van der Waals surface area contributed by atoms with Gasteiger partial charge in [0.2, 0.25) is 0 Å². The first kappa shape index (κ1) is 17.7. The van der Waals surface area contributed by atoms with E-state index in [1.165, 1.54) is 17.8 Å². The van der Waals surface area contributed by atoms with Gasteiger partial charge in [0.15, 0.2) is 0 Å². The molecule has 0 fully saturated rings. The average molecular weight is 325 g/mol. The lowest BCUT2D eigenvalue weighted by molar-refractivity contribution is 0.0938. The minimum Gasteiger partial charge on any atom is -0.352 e. The number of rotatable bonds is 7. The number of pyridine rings is 1. The van der Waals surface area contributed by atoms with E-state index < -0.39 is 0 Å². The zero-order valence-corrected chi connectivity index (χ0v) is 14.1. The van der Waals surface area contributed by atoms with Crippen molar-refractivity contribution in [3.8, 4) is 0 Å². The lowest BCUT2D eigenvalue weighted by Crippen LogP contribution is -2.31. The van der Waals surface area contributed by atoms with Crippen molar-refractivity contribution in [2.75, 3.05) is 6.54 Å². The molecule has 1 aromatic carbocycles. The highest BCUT2D eigenvalue weighted by atomic mass is 16.2. The SMILES string of the molecule is CC(C)NC(=O)c1cc(C(=O)NCCCc2ccccc2)ccn1. The lowest BCUT2D eigenvalue weighted by Gasteiger charge is -2.09. The molecule has 0 bridgehead atoms. The van der Waals surface area contributed by atoms with Crippen LogP contribution >= 0.6 is 0 Å². The number of aryl methyl sites for hydroxylation is 1. The molecule has 24 heavy (non-hydrogen) atoms. The maximum absolute atomic E-state index is 12.2. The van der Waals surface area contributed by atoms with E-state index in [4.69, 9.17) is 0 Å². The van der Waals surface area contributed by atoms with E-state index in [2.05, 4.69) is 27.8 Å². The predicted octanol–water partition coefficient (Wildman–Crippen LogP) is 2.58. The quantitative estimate of drug-likeness (QED) is 0.769. The van der Waals surface area contributed by atoms with Crippen LogP contribution in [0.5, 0.6) is 0 Å². The molecule has 1 heterocycles. The van der Waals surface area contributed by atoms with Gasteiger partial charge in [0.25, 0.3) is 11.8 Å². The van der Waals surface area contributed by atoms with Crippen LogP contribution in [0.3, 0.4) is 0 Å². The summed E-state index contributed by atoms with van der Waals surface area (Å²) in [4.78, 5) is 28.1. The Hall–Kier alpha value is -2.69. The van der Waals surface area contributed by atoms with Crippen LogP contribution in [0, 0.1) is 0 Å². The van der Waals surface area contributed by atoms with Crippen LogP contribution in [0.2, 0.25) is 0 Å². The first-order chi connectivity index (χ1) is 11.6. The second-order valence-corrected chi connectivity index (χ2v) is 5.90. The molecule has 2 amide bonds. The summed E-state index contributed by atoms with van der Waals surface area (Å²) in [6.07, 6.45) is 3.26. The number of nitrogens with zero attached hydrogens (tertiary/aromatic N) is 1. The fourth-order valence-electron chi connectivity index (χ4n) is 2.27. The van der Waals surface area contributed by atoms with Gasteiger partial charge < -0.3 is 10.6 Å². The molecule has 2 rings (SSSR count). The van der Waals surface area contributed by atoms with E-state index in [1.807, 2.05) is 32.0 Å². The van der Waals surface area contributed by atoms with E-state index in [0.717, 1.165) is 12.8 Å². The molecule has 0 aliphatic rings. The Balaban J connectivity index is 1.85. The molecular formula is C19H23N3O2. The summed E-state index contributed by atoms with van der Waals surface area (Å²) in [5, 5.41) is 5.64. The molecule has 0 aliphatic carbocycles. The van der Waals surface area contributed by atoms with E-state index in [9.17, 15) is 9.59 Å². The van der Waals surface area contributed by atoms with Crippen molar-refractivity contribution in [2.24, 2.45) is 0 Å². The van der Waals surface area contributed by atoms with Crippen molar-refractivity contribution in [2.45, 2.75) is 32.7 Å². The number of aromatic nitrogens is 1. The summed E-state index contributed by atoms with van der Waals surface area (Å²) in [7, 11) is 0. The van der Waals surface area contributed by atoms with Gasteiger partial charge in [0.05, 0.1) is 0 Å². The van der Waals surface area contributed by atoms with E-state index >= 15 is 0 Å². The molecular weight excluding hydrogens is 302 g/mol. The molecule has 2 aromatic rings. The summed E-state index contributed by atoms with van der Waals surface area (Å²) >= 11 is 0. The minimum absolute atomic E-state index is 0.0229. The molecule has 2 N–H and O–H groups in total. The average Bonchev–Trinajstić information content (AvgIpc) is 2.59. The summed E-state index contributed by atoms with van der Waals surface area (Å²) in [5.41, 5.74) is 1.95. The van der Waals surface area contributed by atoms with Gasteiger partial charge >= 0.3 is 0 Å². The monoisotopic (exact) mass is 325 g/mol. The normalized spacial score (nSPS) is 10.5. The van der Waals surface area contributed by atoms with Crippen LogP contribution in [0.15, 0.2) is 48.7 Å². The highest BCUT2D eigenvalue weighted by molar-refractivity contribution is 5.98. The standard InChI is InChI=1S/C19H23N3O2/c1-14(2)22-19(24)17-13-16(10-12-20-17)18(23)21-11-6-9-15-7-4-3-5-8-15/h3-5,7-8,10,12-14H,6,9,11H2,1-2H3,(H,21,23)(H,22,24). The zero-order chi connectivity index (χ0) is 17.4. The van der Waals surface area contributed by atoms with Gasteiger partial charge in [0.1, 0.15) is 5.69 Å². The van der Waals surface area contributed by atoms with Gasteiger partial charge in [-0.2, -0.15) is 0 Å². The Morgan fingerprint density at radius 3 is 2.54 bits per heavy atom. The topological polar surface area (TPSA) is 71.1 Å². The molecule has 0 atom stereocenters. The molecule has 0 aliphatic heterocycles. The van der Waals surface area contributed by atoms with Crippen LogP contribution < -0.4 is 10.6 Å². The fourth-order valence-corrected chi connectivity index (χ4v) is 2.27. The van der Waals surface area contributed by atoms with Gasteiger partial charge in [-0.3, -0.25) is 14.6 Å². The van der Waals surface area contributed by atoms with E-state index in [-0.39, 0.29) is 23.6 Å². The lowest BCUT2D eigenvalue weighted by atomic mass is 10.1. The number of hydrogen-bond acceptors (Lipinski definition) is 3. The summed E-state index contributed by atoms with van der Waals surface area (Å²) < 4.78 is 0. The van der Waals surface area contributed by atoms with E-state index in [0.29, 0.717) is 12.1 Å². The molecule has 5 heteroatoms. The van der Waals surface area contributed by atoms with Crippen LogP contribution in [-0.4, -0.2) is 29.4 Å². The maximum Gasteiger partial charge on any atom is 0.270 e. The van der Waals surface area contributed by atoms with Crippen LogP contribution in [-0.2, 0) is 6.42 Å². The number of carbonyl (C=O) groups excluding carboxylic acids is 2. The summed E-state index contributed by atoms with van der Waals surface area (Å²) in [6, 6.07) is 13.3. The Morgan fingerprint density at radius 1 is 1.08 bits per heavy atom. The first-order valence-corrected chi connectivity index (χ1v) is 8.15. The smallest absolute Gasteiger partial charge is 0.270 e. The maximum atomic E-state index is 12.2. The third-order valence-corrected chi connectivity index (χ3v) is 3.45. The van der Waals surface area contributed by atoms with Crippen molar-refractivity contribution in [1.82, 2.24) is 15.6 Å². The zero-order valence-electron chi connectivity index (χ0n) is 14.1. The second-order valence-electron chi connectivity index (χ2n) is 5.90. The van der Waals surface area contributed by atoms with Crippen molar-refractivity contribution in [3.63, 3.8) is 0 Å².